The standard InChI is InChI=1S/C22H28FN3O/c1-2-4-21-24-11-16(12-25-21)13-26-14-17-5-3-10-22(27,20(17)15-26)18-6-8-19(23)9-7-18/h6-9,11-12,17,20,27H,2-5,10,13-15H2,1H3/t17-,20+,22+/m0/s1. The van der Waals surface area contributed by atoms with Crippen LogP contribution in [0.1, 0.15) is 49.6 Å². The molecule has 27 heavy (non-hydrogen) atoms. The minimum atomic E-state index is -0.854. The van der Waals surface area contributed by atoms with E-state index in [4.69, 9.17) is 0 Å². The highest BCUT2D eigenvalue weighted by atomic mass is 19.1. The van der Waals surface area contributed by atoms with Gasteiger partial charge < -0.3 is 5.11 Å². The van der Waals surface area contributed by atoms with Gasteiger partial charge in [0.1, 0.15) is 11.6 Å². The molecule has 1 saturated carbocycles. The number of halogens is 1. The van der Waals surface area contributed by atoms with Gasteiger partial charge in [0, 0.05) is 49.9 Å². The molecule has 1 aliphatic heterocycles. The molecule has 4 nitrogen and oxygen atoms in total. The second-order valence-corrected chi connectivity index (χ2v) is 8.14. The van der Waals surface area contributed by atoms with Crippen LogP contribution in [0.3, 0.4) is 0 Å². The number of aryl methyl sites for hydroxylation is 1. The number of rotatable bonds is 5. The molecule has 1 aromatic heterocycles. The minimum Gasteiger partial charge on any atom is -0.385 e. The van der Waals surface area contributed by atoms with Gasteiger partial charge in [0.15, 0.2) is 0 Å². The Bertz CT molecular complexity index is 764. The molecule has 144 valence electrons. The zero-order valence-corrected chi connectivity index (χ0v) is 15.9. The van der Waals surface area contributed by atoms with Gasteiger partial charge in [0.25, 0.3) is 0 Å². The zero-order chi connectivity index (χ0) is 18.9. The maximum absolute atomic E-state index is 13.3. The molecule has 0 spiro atoms. The van der Waals surface area contributed by atoms with E-state index in [0.717, 1.165) is 68.7 Å². The summed E-state index contributed by atoms with van der Waals surface area (Å²) >= 11 is 0. The fourth-order valence-corrected chi connectivity index (χ4v) is 4.91. The molecule has 2 aliphatic rings. The molecule has 0 bridgehead atoms. The van der Waals surface area contributed by atoms with Crippen LogP contribution < -0.4 is 0 Å². The van der Waals surface area contributed by atoms with Crippen molar-refractivity contribution in [1.82, 2.24) is 14.9 Å². The van der Waals surface area contributed by atoms with Gasteiger partial charge in [-0.1, -0.05) is 19.1 Å². The van der Waals surface area contributed by atoms with Crippen molar-refractivity contribution in [2.24, 2.45) is 11.8 Å². The summed E-state index contributed by atoms with van der Waals surface area (Å²) in [4.78, 5) is 11.3. The number of benzene rings is 1. The molecule has 1 aliphatic carbocycles. The van der Waals surface area contributed by atoms with Crippen LogP contribution in [0.25, 0.3) is 0 Å². The predicted molar refractivity (Wildman–Crippen MR) is 102 cm³/mol. The summed E-state index contributed by atoms with van der Waals surface area (Å²) < 4.78 is 13.3. The summed E-state index contributed by atoms with van der Waals surface area (Å²) in [5, 5.41) is 11.5. The molecule has 1 aromatic carbocycles. The van der Waals surface area contributed by atoms with Crippen molar-refractivity contribution in [3.8, 4) is 0 Å². The summed E-state index contributed by atoms with van der Waals surface area (Å²) in [6, 6.07) is 6.42. The highest BCUT2D eigenvalue weighted by Gasteiger charge is 2.49. The molecule has 2 heterocycles. The lowest BCUT2D eigenvalue weighted by atomic mass is 9.67. The van der Waals surface area contributed by atoms with Gasteiger partial charge in [0.2, 0.25) is 0 Å². The molecule has 1 N–H and O–H groups in total. The van der Waals surface area contributed by atoms with Crippen LogP contribution in [-0.2, 0) is 18.6 Å². The molecule has 0 unspecified atom stereocenters. The Morgan fingerprint density at radius 3 is 2.63 bits per heavy atom. The highest BCUT2D eigenvalue weighted by molar-refractivity contribution is 5.26. The van der Waals surface area contributed by atoms with Crippen LogP contribution in [-0.4, -0.2) is 33.1 Å². The number of fused-ring (bicyclic) bond motifs is 1. The summed E-state index contributed by atoms with van der Waals surface area (Å²) in [6.07, 6.45) is 8.75. The molecule has 0 amide bonds. The van der Waals surface area contributed by atoms with Crippen LogP contribution in [0.15, 0.2) is 36.7 Å². The lowest BCUT2D eigenvalue weighted by Crippen LogP contribution is -2.42. The van der Waals surface area contributed by atoms with Gasteiger partial charge >= 0.3 is 0 Å². The van der Waals surface area contributed by atoms with Gasteiger partial charge in [-0.05, 0) is 49.3 Å². The topological polar surface area (TPSA) is 49.2 Å². The second-order valence-electron chi connectivity index (χ2n) is 8.14. The Kier molecular flexibility index (Phi) is 5.24. The summed E-state index contributed by atoms with van der Waals surface area (Å²) in [6.45, 7) is 4.80. The zero-order valence-electron chi connectivity index (χ0n) is 15.9. The van der Waals surface area contributed by atoms with Gasteiger partial charge in [-0.25, -0.2) is 14.4 Å². The van der Waals surface area contributed by atoms with Crippen molar-refractivity contribution in [2.75, 3.05) is 13.1 Å². The summed E-state index contributed by atoms with van der Waals surface area (Å²) in [5.74, 6) is 1.32. The molecule has 0 radical (unpaired) electrons. The molecule has 1 saturated heterocycles. The minimum absolute atomic E-state index is 0.192. The van der Waals surface area contributed by atoms with Crippen LogP contribution >= 0.6 is 0 Å². The molecule has 5 heteroatoms. The monoisotopic (exact) mass is 369 g/mol. The first-order valence-corrected chi connectivity index (χ1v) is 10.1. The number of aliphatic hydroxyl groups is 1. The van der Waals surface area contributed by atoms with E-state index in [2.05, 4.69) is 21.8 Å². The van der Waals surface area contributed by atoms with E-state index in [9.17, 15) is 9.50 Å². The third kappa shape index (κ3) is 3.76. The fourth-order valence-electron chi connectivity index (χ4n) is 4.91. The average molecular weight is 369 g/mol. The Balaban J connectivity index is 1.48. The molecule has 2 fully saturated rings. The van der Waals surface area contributed by atoms with E-state index >= 15 is 0 Å². The maximum Gasteiger partial charge on any atom is 0.128 e. The van der Waals surface area contributed by atoms with Crippen molar-refractivity contribution in [3.05, 3.63) is 59.4 Å². The van der Waals surface area contributed by atoms with E-state index in [1.807, 2.05) is 12.4 Å². The normalized spacial score (nSPS) is 28.3. The maximum atomic E-state index is 13.3. The Morgan fingerprint density at radius 2 is 1.93 bits per heavy atom. The smallest absolute Gasteiger partial charge is 0.128 e. The molecule has 3 atom stereocenters. The number of hydrogen-bond acceptors (Lipinski definition) is 4. The van der Waals surface area contributed by atoms with E-state index in [1.54, 1.807) is 12.1 Å². The molecular formula is C22H28FN3O. The second kappa shape index (κ2) is 7.64. The summed E-state index contributed by atoms with van der Waals surface area (Å²) in [5.41, 5.74) is 1.12. The van der Waals surface area contributed by atoms with Crippen LogP contribution in [0, 0.1) is 17.7 Å². The number of likely N-dealkylation sites (tertiary alicyclic amines) is 1. The van der Waals surface area contributed by atoms with E-state index in [-0.39, 0.29) is 11.7 Å². The first kappa shape index (κ1) is 18.5. The molecule has 4 rings (SSSR count). The lowest BCUT2D eigenvalue weighted by molar-refractivity contribution is -0.0648. The van der Waals surface area contributed by atoms with Gasteiger partial charge in [0.05, 0.1) is 5.60 Å². The first-order valence-electron chi connectivity index (χ1n) is 10.1. The van der Waals surface area contributed by atoms with Crippen molar-refractivity contribution in [1.29, 1.82) is 0 Å². The van der Waals surface area contributed by atoms with Crippen LogP contribution in [0.4, 0.5) is 4.39 Å². The first-order chi connectivity index (χ1) is 13.1. The fraction of sp³-hybridized carbons (Fsp3) is 0.545. The number of hydrogen-bond donors (Lipinski definition) is 1. The molecular weight excluding hydrogens is 341 g/mol. The Morgan fingerprint density at radius 1 is 1.19 bits per heavy atom. The van der Waals surface area contributed by atoms with Gasteiger partial charge in [-0.3, -0.25) is 4.90 Å². The lowest BCUT2D eigenvalue weighted by Gasteiger charge is -2.41. The Labute approximate surface area is 160 Å². The predicted octanol–water partition coefficient (Wildman–Crippen LogP) is 3.69. The molecule has 2 aromatic rings. The van der Waals surface area contributed by atoms with Crippen LogP contribution in [0.5, 0.6) is 0 Å². The largest absolute Gasteiger partial charge is 0.385 e. The van der Waals surface area contributed by atoms with E-state index < -0.39 is 5.60 Å². The van der Waals surface area contributed by atoms with Crippen molar-refractivity contribution in [2.45, 2.75) is 51.2 Å². The average Bonchev–Trinajstić information content (AvgIpc) is 3.08. The quantitative estimate of drug-likeness (QED) is 0.873. The SMILES string of the molecule is CCCc1ncc(CN2C[C@@H]3CCC[C@@](O)(c4ccc(F)cc4)[C@@H]3C2)cn1. The van der Waals surface area contributed by atoms with Gasteiger partial charge in [-0.2, -0.15) is 0 Å². The van der Waals surface area contributed by atoms with Crippen molar-refractivity contribution in [3.63, 3.8) is 0 Å². The van der Waals surface area contributed by atoms with E-state index in [0.29, 0.717) is 5.92 Å². The third-order valence-corrected chi connectivity index (χ3v) is 6.25. The number of aromatic nitrogens is 2. The number of nitrogens with zero attached hydrogens (tertiary/aromatic N) is 3. The Hall–Kier alpha value is -1.85. The highest BCUT2D eigenvalue weighted by Crippen LogP contribution is 2.48. The van der Waals surface area contributed by atoms with Gasteiger partial charge in [-0.15, -0.1) is 0 Å². The van der Waals surface area contributed by atoms with Crippen molar-refractivity contribution >= 4 is 0 Å². The van der Waals surface area contributed by atoms with Crippen molar-refractivity contribution < 1.29 is 9.50 Å². The summed E-state index contributed by atoms with van der Waals surface area (Å²) in [7, 11) is 0. The third-order valence-electron chi connectivity index (χ3n) is 6.25. The van der Waals surface area contributed by atoms with E-state index in [1.165, 1.54) is 12.1 Å². The van der Waals surface area contributed by atoms with Crippen LogP contribution in [0.2, 0.25) is 0 Å².